The molecule has 0 bridgehead atoms. The summed E-state index contributed by atoms with van der Waals surface area (Å²) in [6.07, 6.45) is 5.50. The van der Waals surface area contributed by atoms with Crippen LogP contribution < -0.4 is 5.32 Å². The predicted molar refractivity (Wildman–Crippen MR) is 125 cm³/mol. The normalized spacial score (nSPS) is 16.9. The number of nitrogens with zero attached hydrogens (tertiary/aromatic N) is 2. The maximum absolute atomic E-state index is 12.8. The van der Waals surface area contributed by atoms with Crippen LogP contribution in [0.25, 0.3) is 0 Å². The van der Waals surface area contributed by atoms with E-state index in [0.29, 0.717) is 50.1 Å². The lowest BCUT2D eigenvalue weighted by Crippen LogP contribution is -2.27. The Labute approximate surface area is 199 Å². The van der Waals surface area contributed by atoms with Crippen molar-refractivity contribution in [2.24, 2.45) is 0 Å². The maximum Gasteiger partial charge on any atom is 0.276 e. The van der Waals surface area contributed by atoms with E-state index < -0.39 is 10.0 Å². The number of nitrogens with one attached hydrogen (secondary N) is 1. The van der Waals surface area contributed by atoms with Crippen LogP contribution >= 0.6 is 0 Å². The Kier molecular flexibility index (Phi) is 6.58. The Morgan fingerprint density at radius 2 is 1.71 bits per heavy atom. The van der Waals surface area contributed by atoms with E-state index in [4.69, 9.17) is 8.83 Å². The summed E-state index contributed by atoms with van der Waals surface area (Å²) in [5.74, 6) is 1.34. The molecule has 34 heavy (non-hydrogen) atoms. The number of hydrogen-bond donors (Lipinski definition) is 1. The van der Waals surface area contributed by atoms with Crippen LogP contribution in [0.5, 0.6) is 0 Å². The van der Waals surface area contributed by atoms with E-state index in [1.165, 1.54) is 4.31 Å². The van der Waals surface area contributed by atoms with Gasteiger partial charge in [0.15, 0.2) is 0 Å². The van der Waals surface area contributed by atoms with Gasteiger partial charge in [-0.1, -0.05) is 12.1 Å². The minimum Gasteiger partial charge on any atom is -0.468 e. The molecule has 9 heteroatoms. The van der Waals surface area contributed by atoms with E-state index >= 15 is 0 Å². The van der Waals surface area contributed by atoms with Crippen molar-refractivity contribution >= 4 is 15.9 Å². The number of carbonyl (C=O) groups excluding carboxylic acids is 1. The third-order valence-corrected chi connectivity index (χ3v) is 7.94. The van der Waals surface area contributed by atoms with Crippen LogP contribution in [-0.2, 0) is 29.7 Å². The average molecular weight is 484 g/mol. The molecule has 5 rings (SSSR count). The first-order valence-electron chi connectivity index (χ1n) is 11.7. The third kappa shape index (κ3) is 5.43. The highest BCUT2D eigenvalue weighted by Crippen LogP contribution is 2.24. The molecule has 1 saturated heterocycles. The van der Waals surface area contributed by atoms with E-state index in [1.54, 1.807) is 18.4 Å². The van der Waals surface area contributed by atoms with Crippen LogP contribution in [0.4, 0.5) is 0 Å². The highest BCUT2D eigenvalue weighted by atomic mass is 32.2. The molecular formula is C25H29N3O5S. The van der Waals surface area contributed by atoms with Crippen molar-refractivity contribution in [2.75, 3.05) is 13.1 Å². The molecule has 1 N–H and O–H groups in total. The van der Waals surface area contributed by atoms with Crippen molar-refractivity contribution in [2.45, 2.75) is 56.5 Å². The van der Waals surface area contributed by atoms with Crippen molar-refractivity contribution in [3.8, 4) is 0 Å². The summed E-state index contributed by atoms with van der Waals surface area (Å²) in [5.41, 5.74) is 1.68. The molecule has 1 aromatic carbocycles. The Morgan fingerprint density at radius 1 is 0.971 bits per heavy atom. The predicted octanol–water partition coefficient (Wildman–Crippen LogP) is 3.75. The lowest BCUT2D eigenvalue weighted by Gasteiger charge is -2.20. The Balaban J connectivity index is 1.29. The number of hydrogen-bond acceptors (Lipinski definition) is 6. The summed E-state index contributed by atoms with van der Waals surface area (Å²) in [5, 5.41) is 2.99. The van der Waals surface area contributed by atoms with Gasteiger partial charge in [-0.2, -0.15) is 4.31 Å². The molecule has 2 aromatic heterocycles. The van der Waals surface area contributed by atoms with Gasteiger partial charge in [0.2, 0.25) is 5.09 Å². The molecule has 8 nitrogen and oxygen atoms in total. The molecule has 1 saturated carbocycles. The Morgan fingerprint density at radius 3 is 2.38 bits per heavy atom. The Hall–Kier alpha value is -2.88. The van der Waals surface area contributed by atoms with Crippen molar-refractivity contribution < 1.29 is 22.0 Å². The van der Waals surface area contributed by atoms with E-state index in [-0.39, 0.29) is 11.0 Å². The van der Waals surface area contributed by atoms with Crippen LogP contribution in [0.3, 0.4) is 0 Å². The molecule has 3 aromatic rings. The van der Waals surface area contributed by atoms with Gasteiger partial charge in [0.05, 0.1) is 19.4 Å². The first-order valence-corrected chi connectivity index (χ1v) is 13.1. The van der Waals surface area contributed by atoms with Gasteiger partial charge in [-0.25, -0.2) is 8.42 Å². The van der Waals surface area contributed by atoms with Gasteiger partial charge in [0.1, 0.15) is 11.5 Å². The fraction of sp³-hybridized carbons (Fsp3) is 0.400. The second-order valence-corrected chi connectivity index (χ2v) is 10.9. The average Bonchev–Trinajstić information content (AvgIpc) is 3.28. The minimum atomic E-state index is -3.59. The van der Waals surface area contributed by atoms with Crippen molar-refractivity contribution in [3.63, 3.8) is 0 Å². The van der Waals surface area contributed by atoms with Gasteiger partial charge < -0.3 is 14.2 Å². The smallest absolute Gasteiger partial charge is 0.276 e. The summed E-state index contributed by atoms with van der Waals surface area (Å²) >= 11 is 0. The zero-order valence-corrected chi connectivity index (χ0v) is 19.8. The van der Waals surface area contributed by atoms with Crippen molar-refractivity contribution in [1.82, 2.24) is 14.5 Å². The lowest BCUT2D eigenvalue weighted by molar-refractivity contribution is 0.0951. The van der Waals surface area contributed by atoms with Crippen LogP contribution in [0, 0.1) is 0 Å². The van der Waals surface area contributed by atoms with E-state index in [0.717, 1.165) is 37.0 Å². The van der Waals surface area contributed by atoms with E-state index in [1.807, 2.05) is 36.4 Å². The van der Waals surface area contributed by atoms with Gasteiger partial charge in [-0.05, 0) is 67.6 Å². The highest BCUT2D eigenvalue weighted by Gasteiger charge is 2.30. The standard InChI is InChI=1S/C25H29N3O5S/c29-25(26-21-9-10-21)20-7-5-19(6-8-20)16-27(17-22-4-3-15-32-22)18-23-11-12-24(33-23)34(30,31)28-13-1-2-14-28/h3-8,11-12,15,21H,1-2,9-10,13-14,16-18H2,(H,26,29). The molecule has 1 amide bonds. The zero-order chi connectivity index (χ0) is 23.5. The van der Waals surface area contributed by atoms with Crippen LogP contribution in [0.15, 0.2) is 68.7 Å². The second kappa shape index (κ2) is 9.77. The first kappa shape index (κ1) is 22.9. The molecule has 3 heterocycles. The number of sulfonamides is 1. The third-order valence-electron chi connectivity index (χ3n) is 6.17. The number of furan rings is 2. The number of rotatable bonds is 10. The van der Waals surface area contributed by atoms with Crippen LogP contribution in [0.2, 0.25) is 0 Å². The zero-order valence-electron chi connectivity index (χ0n) is 19.0. The topological polar surface area (TPSA) is 96.0 Å². The fourth-order valence-corrected chi connectivity index (χ4v) is 5.61. The van der Waals surface area contributed by atoms with Gasteiger partial charge in [-0.3, -0.25) is 9.69 Å². The molecular weight excluding hydrogens is 454 g/mol. The summed E-state index contributed by atoms with van der Waals surface area (Å²) in [4.78, 5) is 14.4. The quantitative estimate of drug-likeness (QED) is 0.472. The van der Waals surface area contributed by atoms with Crippen molar-refractivity contribution in [3.05, 3.63) is 77.4 Å². The van der Waals surface area contributed by atoms with Gasteiger partial charge in [-0.15, -0.1) is 0 Å². The van der Waals surface area contributed by atoms with E-state index in [9.17, 15) is 13.2 Å². The fourth-order valence-electron chi connectivity index (χ4n) is 4.16. The minimum absolute atomic E-state index is 0.00613. The van der Waals surface area contributed by atoms with Gasteiger partial charge in [0.25, 0.3) is 15.9 Å². The van der Waals surface area contributed by atoms with Gasteiger partial charge in [0, 0.05) is 31.2 Å². The summed E-state index contributed by atoms with van der Waals surface area (Å²) in [6.45, 7) is 2.61. The summed E-state index contributed by atoms with van der Waals surface area (Å²) in [6, 6.07) is 14.9. The maximum atomic E-state index is 12.8. The van der Waals surface area contributed by atoms with Crippen LogP contribution in [-0.4, -0.2) is 42.7 Å². The monoisotopic (exact) mass is 483 g/mol. The molecule has 1 aliphatic carbocycles. The van der Waals surface area contributed by atoms with Crippen LogP contribution in [0.1, 0.15) is 53.1 Å². The Bertz CT molecular complexity index is 1210. The summed E-state index contributed by atoms with van der Waals surface area (Å²) < 4.78 is 38.4. The molecule has 0 radical (unpaired) electrons. The molecule has 180 valence electrons. The largest absolute Gasteiger partial charge is 0.468 e. The van der Waals surface area contributed by atoms with Gasteiger partial charge >= 0.3 is 0 Å². The number of benzene rings is 1. The number of carbonyl (C=O) groups is 1. The lowest BCUT2D eigenvalue weighted by atomic mass is 10.1. The van der Waals surface area contributed by atoms with Crippen molar-refractivity contribution in [1.29, 1.82) is 0 Å². The molecule has 0 spiro atoms. The molecule has 1 aliphatic heterocycles. The highest BCUT2D eigenvalue weighted by molar-refractivity contribution is 7.89. The number of amides is 1. The molecule has 0 unspecified atom stereocenters. The van der Waals surface area contributed by atoms with E-state index in [2.05, 4.69) is 10.2 Å². The first-order chi connectivity index (χ1) is 16.5. The SMILES string of the molecule is O=C(NC1CC1)c1ccc(CN(Cc2ccco2)Cc2ccc(S(=O)(=O)N3CCCC3)o2)cc1. The second-order valence-electron chi connectivity index (χ2n) is 9.00. The molecule has 2 fully saturated rings. The summed E-state index contributed by atoms with van der Waals surface area (Å²) in [7, 11) is -3.59. The molecule has 0 atom stereocenters. The molecule has 2 aliphatic rings.